The second-order valence-electron chi connectivity index (χ2n) is 7.64. The van der Waals surface area contributed by atoms with Gasteiger partial charge in [0.2, 0.25) is 0 Å². The van der Waals surface area contributed by atoms with Crippen molar-refractivity contribution in [2.45, 2.75) is 44.5 Å². The van der Waals surface area contributed by atoms with E-state index in [1.807, 2.05) is 30.3 Å². The van der Waals surface area contributed by atoms with E-state index in [-0.39, 0.29) is 12.4 Å². The number of morpholine rings is 1. The first-order valence-corrected chi connectivity index (χ1v) is 10.2. The Hall–Kier alpha value is -1.59. The molecule has 3 unspecified atom stereocenters. The maximum Gasteiger partial charge on any atom is 0.119 e. The van der Waals surface area contributed by atoms with Gasteiger partial charge in [0.05, 0.1) is 13.2 Å². The zero-order chi connectivity index (χ0) is 18.3. The molecule has 0 bridgehead atoms. The summed E-state index contributed by atoms with van der Waals surface area (Å²) in [7, 11) is 0. The summed E-state index contributed by atoms with van der Waals surface area (Å²) >= 11 is 0. The Morgan fingerprint density at radius 3 is 2.71 bits per heavy atom. The molecule has 1 saturated heterocycles. The fraction of sp³-hybridized carbons (Fsp3) is 0.478. The molecule has 4 rings (SSSR count). The van der Waals surface area contributed by atoms with Gasteiger partial charge >= 0.3 is 0 Å². The van der Waals surface area contributed by atoms with Crippen LogP contribution in [0.2, 0.25) is 0 Å². The molecule has 0 aromatic heterocycles. The number of benzene rings is 2. The number of hydrogen-bond acceptors (Lipinski definition) is 4. The predicted octanol–water partition coefficient (Wildman–Crippen LogP) is 3.93. The SMILES string of the molecule is Cl.c1ccc(OCc2cccc(CNC3CCCC3C3COCCN3)c2)cc1. The number of rotatable bonds is 7. The van der Waals surface area contributed by atoms with Gasteiger partial charge in [-0.2, -0.15) is 0 Å². The first-order chi connectivity index (χ1) is 13.4. The third kappa shape index (κ3) is 5.71. The van der Waals surface area contributed by atoms with Crippen molar-refractivity contribution in [2.24, 2.45) is 5.92 Å². The molecule has 1 saturated carbocycles. The summed E-state index contributed by atoms with van der Waals surface area (Å²) in [6.45, 7) is 4.20. The zero-order valence-corrected chi connectivity index (χ0v) is 17.1. The zero-order valence-electron chi connectivity index (χ0n) is 16.3. The molecule has 5 heteroatoms. The molecule has 2 aromatic carbocycles. The number of halogens is 1. The Balaban J connectivity index is 0.00000225. The molecule has 2 N–H and O–H groups in total. The Morgan fingerprint density at radius 1 is 1.04 bits per heavy atom. The minimum Gasteiger partial charge on any atom is -0.489 e. The van der Waals surface area contributed by atoms with Crippen molar-refractivity contribution in [3.05, 3.63) is 65.7 Å². The minimum absolute atomic E-state index is 0. The fourth-order valence-corrected chi connectivity index (χ4v) is 4.35. The van der Waals surface area contributed by atoms with E-state index in [0.717, 1.165) is 32.1 Å². The predicted molar refractivity (Wildman–Crippen MR) is 115 cm³/mol. The number of hydrogen-bond donors (Lipinski definition) is 2. The lowest BCUT2D eigenvalue weighted by molar-refractivity contribution is 0.0524. The first-order valence-electron chi connectivity index (χ1n) is 10.2. The Labute approximate surface area is 174 Å². The van der Waals surface area contributed by atoms with Crippen LogP contribution in [0.3, 0.4) is 0 Å². The van der Waals surface area contributed by atoms with Crippen LogP contribution in [0.1, 0.15) is 30.4 Å². The maximum absolute atomic E-state index is 5.88. The van der Waals surface area contributed by atoms with E-state index in [4.69, 9.17) is 9.47 Å². The van der Waals surface area contributed by atoms with E-state index in [1.165, 1.54) is 30.4 Å². The second kappa shape index (κ2) is 10.8. The molecule has 2 aliphatic rings. The lowest BCUT2D eigenvalue weighted by Gasteiger charge is -2.33. The van der Waals surface area contributed by atoms with E-state index in [2.05, 4.69) is 34.9 Å². The molecule has 152 valence electrons. The van der Waals surface area contributed by atoms with Crippen molar-refractivity contribution in [1.29, 1.82) is 0 Å². The van der Waals surface area contributed by atoms with Gasteiger partial charge in [0.15, 0.2) is 0 Å². The topological polar surface area (TPSA) is 42.5 Å². The fourth-order valence-electron chi connectivity index (χ4n) is 4.35. The van der Waals surface area contributed by atoms with Crippen LogP contribution in [0.25, 0.3) is 0 Å². The number of nitrogens with one attached hydrogen (secondary N) is 2. The van der Waals surface area contributed by atoms with Crippen molar-refractivity contribution in [1.82, 2.24) is 10.6 Å². The van der Waals surface area contributed by atoms with Crippen LogP contribution in [0.4, 0.5) is 0 Å². The van der Waals surface area contributed by atoms with Crippen LogP contribution in [-0.2, 0) is 17.9 Å². The quantitative estimate of drug-likeness (QED) is 0.736. The number of ether oxygens (including phenoxy) is 2. The van der Waals surface area contributed by atoms with E-state index in [1.54, 1.807) is 0 Å². The van der Waals surface area contributed by atoms with Gasteiger partial charge in [-0.3, -0.25) is 0 Å². The second-order valence-corrected chi connectivity index (χ2v) is 7.64. The summed E-state index contributed by atoms with van der Waals surface area (Å²) in [4.78, 5) is 0. The van der Waals surface area contributed by atoms with Crippen LogP contribution in [0, 0.1) is 5.92 Å². The molecule has 28 heavy (non-hydrogen) atoms. The highest BCUT2D eigenvalue weighted by molar-refractivity contribution is 5.85. The third-order valence-electron chi connectivity index (χ3n) is 5.75. The van der Waals surface area contributed by atoms with E-state index in [9.17, 15) is 0 Å². The molecule has 0 radical (unpaired) electrons. The standard InChI is InChI=1S/C23H30N2O2.ClH/c1-2-8-20(9-3-1)27-16-19-7-4-6-18(14-19)15-25-22-11-5-10-21(22)23-17-26-13-12-24-23;/h1-4,6-9,14,21-25H,5,10-13,15-17H2;1H. The van der Waals surface area contributed by atoms with Gasteiger partial charge in [-0.1, -0.05) is 48.9 Å². The van der Waals surface area contributed by atoms with Crippen molar-refractivity contribution >= 4 is 12.4 Å². The summed E-state index contributed by atoms with van der Waals surface area (Å²) in [5, 5.41) is 7.46. The molecular formula is C23H31ClN2O2. The summed E-state index contributed by atoms with van der Waals surface area (Å²) in [5.41, 5.74) is 2.53. The average Bonchev–Trinajstić information content (AvgIpc) is 3.21. The van der Waals surface area contributed by atoms with Gasteiger partial charge in [-0.05, 0) is 42.0 Å². The van der Waals surface area contributed by atoms with E-state index < -0.39 is 0 Å². The monoisotopic (exact) mass is 402 g/mol. The highest BCUT2D eigenvalue weighted by Gasteiger charge is 2.34. The van der Waals surface area contributed by atoms with Crippen LogP contribution in [-0.4, -0.2) is 31.8 Å². The van der Waals surface area contributed by atoms with Crippen molar-refractivity contribution in [3.8, 4) is 5.75 Å². The first kappa shape index (κ1) is 21.1. The molecule has 1 aliphatic heterocycles. The van der Waals surface area contributed by atoms with Crippen LogP contribution in [0.5, 0.6) is 5.75 Å². The van der Waals surface area contributed by atoms with Crippen molar-refractivity contribution in [2.75, 3.05) is 19.8 Å². The molecule has 4 nitrogen and oxygen atoms in total. The lowest BCUT2D eigenvalue weighted by Crippen LogP contribution is -2.50. The average molecular weight is 403 g/mol. The van der Waals surface area contributed by atoms with Gasteiger partial charge in [0.25, 0.3) is 0 Å². The molecule has 3 atom stereocenters. The summed E-state index contributed by atoms with van der Waals surface area (Å²) in [5.74, 6) is 1.59. The van der Waals surface area contributed by atoms with Gasteiger partial charge < -0.3 is 20.1 Å². The van der Waals surface area contributed by atoms with E-state index >= 15 is 0 Å². The van der Waals surface area contributed by atoms with Crippen LogP contribution >= 0.6 is 12.4 Å². The van der Waals surface area contributed by atoms with Gasteiger partial charge in [0.1, 0.15) is 12.4 Å². The summed E-state index contributed by atoms with van der Waals surface area (Å²) in [6, 6.07) is 19.8. The molecular weight excluding hydrogens is 372 g/mol. The molecule has 0 spiro atoms. The van der Waals surface area contributed by atoms with Gasteiger partial charge in [-0.15, -0.1) is 12.4 Å². The van der Waals surface area contributed by atoms with Gasteiger partial charge in [-0.25, -0.2) is 0 Å². The number of para-hydroxylation sites is 1. The Morgan fingerprint density at radius 2 is 1.89 bits per heavy atom. The molecule has 2 fully saturated rings. The smallest absolute Gasteiger partial charge is 0.119 e. The molecule has 0 amide bonds. The Kier molecular flexibility index (Phi) is 8.16. The van der Waals surface area contributed by atoms with E-state index in [0.29, 0.717) is 24.6 Å². The molecule has 1 aliphatic carbocycles. The maximum atomic E-state index is 5.88. The summed E-state index contributed by atoms with van der Waals surface area (Å²) in [6.07, 6.45) is 3.87. The Bertz CT molecular complexity index is 707. The largest absolute Gasteiger partial charge is 0.489 e. The molecule has 2 aromatic rings. The summed E-state index contributed by atoms with van der Waals surface area (Å²) < 4.78 is 11.6. The lowest BCUT2D eigenvalue weighted by atomic mass is 9.94. The normalized spacial score (nSPS) is 24.5. The van der Waals surface area contributed by atoms with Gasteiger partial charge in [0, 0.05) is 25.2 Å². The van der Waals surface area contributed by atoms with Crippen molar-refractivity contribution < 1.29 is 9.47 Å². The van der Waals surface area contributed by atoms with Crippen molar-refractivity contribution in [3.63, 3.8) is 0 Å². The molecule has 1 heterocycles. The highest BCUT2D eigenvalue weighted by Crippen LogP contribution is 2.29. The third-order valence-corrected chi connectivity index (χ3v) is 5.75. The van der Waals surface area contributed by atoms with Crippen LogP contribution in [0.15, 0.2) is 54.6 Å². The van der Waals surface area contributed by atoms with Crippen LogP contribution < -0.4 is 15.4 Å². The highest BCUT2D eigenvalue weighted by atomic mass is 35.5. The minimum atomic E-state index is 0.